The quantitative estimate of drug-likeness (QED) is 0.947. The number of hydrogen-bond acceptors (Lipinski definition) is 4. The lowest BCUT2D eigenvalue weighted by atomic mass is 9.97. The van der Waals surface area contributed by atoms with E-state index in [1.165, 1.54) is 5.56 Å². The van der Waals surface area contributed by atoms with Crippen molar-refractivity contribution in [1.82, 2.24) is 9.97 Å². The summed E-state index contributed by atoms with van der Waals surface area (Å²) in [7, 11) is 0. The Kier molecular flexibility index (Phi) is 4.55. The van der Waals surface area contributed by atoms with E-state index in [-0.39, 0.29) is 11.8 Å². The van der Waals surface area contributed by atoms with Gasteiger partial charge in [0.05, 0.1) is 5.92 Å². The minimum Gasteiger partial charge on any atom is -0.340 e. The molecule has 0 saturated carbocycles. The Balaban J connectivity index is 1.67. The van der Waals surface area contributed by atoms with Crippen molar-refractivity contribution in [2.45, 2.75) is 26.7 Å². The molecule has 1 aliphatic heterocycles. The Labute approximate surface area is 136 Å². The van der Waals surface area contributed by atoms with Gasteiger partial charge in [-0.3, -0.25) is 4.79 Å². The van der Waals surface area contributed by atoms with Gasteiger partial charge in [0, 0.05) is 31.2 Å². The number of nitrogens with one attached hydrogen (secondary N) is 1. The lowest BCUT2D eigenvalue weighted by molar-refractivity contribution is -0.120. The first-order valence-corrected chi connectivity index (χ1v) is 8.03. The Morgan fingerprint density at radius 2 is 2.04 bits per heavy atom. The van der Waals surface area contributed by atoms with Crippen LogP contribution in [-0.2, 0) is 4.79 Å². The summed E-state index contributed by atoms with van der Waals surface area (Å²) in [5.41, 5.74) is 3.19. The highest BCUT2D eigenvalue weighted by atomic mass is 16.1. The third kappa shape index (κ3) is 3.67. The third-order valence-corrected chi connectivity index (χ3v) is 4.27. The number of hydrogen-bond donors (Lipinski definition) is 1. The molecule has 0 spiro atoms. The molecule has 1 aliphatic rings. The SMILES string of the molecule is Cc1ccc(NC(=O)[C@H]2CCCN(c3ncccn3)C2)c(C)c1. The highest BCUT2D eigenvalue weighted by Crippen LogP contribution is 2.23. The summed E-state index contributed by atoms with van der Waals surface area (Å²) >= 11 is 0. The molecule has 1 fully saturated rings. The lowest BCUT2D eigenvalue weighted by Crippen LogP contribution is -2.41. The average molecular weight is 310 g/mol. The number of nitrogens with zero attached hydrogens (tertiary/aromatic N) is 3. The second-order valence-electron chi connectivity index (χ2n) is 6.14. The molecule has 3 rings (SSSR count). The van der Waals surface area contributed by atoms with Crippen molar-refractivity contribution in [3.8, 4) is 0 Å². The van der Waals surface area contributed by atoms with Gasteiger partial charge >= 0.3 is 0 Å². The van der Waals surface area contributed by atoms with Crippen molar-refractivity contribution in [2.75, 3.05) is 23.3 Å². The number of piperidine rings is 1. The van der Waals surface area contributed by atoms with Gasteiger partial charge in [0.2, 0.25) is 11.9 Å². The molecule has 5 heteroatoms. The molecule has 2 aromatic rings. The van der Waals surface area contributed by atoms with Gasteiger partial charge in [-0.25, -0.2) is 9.97 Å². The molecule has 1 aromatic carbocycles. The van der Waals surface area contributed by atoms with Gasteiger partial charge in [-0.15, -0.1) is 0 Å². The van der Waals surface area contributed by atoms with Crippen molar-refractivity contribution in [2.24, 2.45) is 5.92 Å². The van der Waals surface area contributed by atoms with Crippen LogP contribution >= 0.6 is 0 Å². The first-order valence-electron chi connectivity index (χ1n) is 8.03. The second kappa shape index (κ2) is 6.77. The molecule has 0 bridgehead atoms. The van der Waals surface area contributed by atoms with Crippen LogP contribution in [0.3, 0.4) is 0 Å². The molecule has 5 nitrogen and oxygen atoms in total. The Bertz CT molecular complexity index is 687. The van der Waals surface area contributed by atoms with E-state index in [1.807, 2.05) is 19.1 Å². The fourth-order valence-electron chi connectivity index (χ4n) is 3.02. The van der Waals surface area contributed by atoms with Gasteiger partial charge < -0.3 is 10.2 Å². The zero-order valence-electron chi connectivity index (χ0n) is 13.6. The molecule has 0 unspecified atom stereocenters. The van der Waals surface area contributed by atoms with E-state index < -0.39 is 0 Å². The first kappa shape index (κ1) is 15.5. The minimum atomic E-state index is -0.0340. The number of amides is 1. The predicted molar refractivity (Wildman–Crippen MR) is 91.5 cm³/mol. The molecule has 0 radical (unpaired) electrons. The van der Waals surface area contributed by atoms with E-state index in [1.54, 1.807) is 18.5 Å². The van der Waals surface area contributed by atoms with E-state index in [9.17, 15) is 4.79 Å². The summed E-state index contributed by atoms with van der Waals surface area (Å²) in [6, 6.07) is 7.88. The summed E-state index contributed by atoms with van der Waals surface area (Å²) < 4.78 is 0. The highest BCUT2D eigenvalue weighted by Gasteiger charge is 2.27. The van der Waals surface area contributed by atoms with Crippen LogP contribution in [0.5, 0.6) is 0 Å². The number of aryl methyl sites for hydroxylation is 2. The summed E-state index contributed by atoms with van der Waals surface area (Å²) in [6.45, 7) is 5.64. The van der Waals surface area contributed by atoms with Crippen LogP contribution in [0.15, 0.2) is 36.7 Å². The number of anilines is 2. The number of carbonyl (C=O) groups is 1. The zero-order valence-corrected chi connectivity index (χ0v) is 13.6. The van der Waals surface area contributed by atoms with Crippen molar-refractivity contribution < 1.29 is 4.79 Å². The molecule has 1 atom stereocenters. The normalized spacial score (nSPS) is 17.8. The van der Waals surface area contributed by atoms with Gasteiger partial charge in [0.25, 0.3) is 0 Å². The Morgan fingerprint density at radius 1 is 1.26 bits per heavy atom. The number of aromatic nitrogens is 2. The lowest BCUT2D eigenvalue weighted by Gasteiger charge is -2.32. The standard InChI is InChI=1S/C18H22N4O/c1-13-6-7-16(14(2)11-13)21-17(23)15-5-3-10-22(12-15)18-19-8-4-9-20-18/h4,6-9,11,15H,3,5,10,12H2,1-2H3,(H,21,23)/t15-/m0/s1. The van der Waals surface area contributed by atoms with E-state index >= 15 is 0 Å². The van der Waals surface area contributed by atoms with Crippen LogP contribution in [-0.4, -0.2) is 29.0 Å². The van der Waals surface area contributed by atoms with Gasteiger partial charge in [-0.1, -0.05) is 17.7 Å². The molecule has 1 saturated heterocycles. The maximum atomic E-state index is 12.6. The van der Waals surface area contributed by atoms with Crippen molar-refractivity contribution in [1.29, 1.82) is 0 Å². The van der Waals surface area contributed by atoms with Crippen LogP contribution in [0.2, 0.25) is 0 Å². The number of rotatable bonds is 3. The molecular weight excluding hydrogens is 288 g/mol. The van der Waals surface area contributed by atoms with E-state index in [0.29, 0.717) is 12.5 Å². The maximum absolute atomic E-state index is 12.6. The van der Waals surface area contributed by atoms with Gasteiger partial charge in [0.15, 0.2) is 0 Å². The van der Waals surface area contributed by atoms with Crippen LogP contribution < -0.4 is 10.2 Å². The van der Waals surface area contributed by atoms with Crippen LogP contribution in [0.4, 0.5) is 11.6 Å². The predicted octanol–water partition coefficient (Wildman–Crippen LogP) is 2.95. The van der Waals surface area contributed by atoms with Crippen molar-refractivity contribution in [3.63, 3.8) is 0 Å². The molecule has 2 heterocycles. The fraction of sp³-hybridized carbons (Fsp3) is 0.389. The largest absolute Gasteiger partial charge is 0.340 e. The van der Waals surface area contributed by atoms with Crippen molar-refractivity contribution >= 4 is 17.5 Å². The molecular formula is C18H22N4O. The summed E-state index contributed by atoms with van der Waals surface area (Å²) in [4.78, 5) is 23.3. The molecule has 1 amide bonds. The number of carbonyl (C=O) groups excluding carboxylic acids is 1. The molecule has 120 valence electrons. The van der Waals surface area contributed by atoms with Gasteiger partial charge in [-0.05, 0) is 44.4 Å². The van der Waals surface area contributed by atoms with Gasteiger partial charge in [0.1, 0.15) is 0 Å². The molecule has 1 N–H and O–H groups in total. The Hall–Kier alpha value is -2.43. The van der Waals surface area contributed by atoms with Crippen LogP contribution in [0.1, 0.15) is 24.0 Å². The zero-order chi connectivity index (χ0) is 16.2. The monoisotopic (exact) mass is 310 g/mol. The highest BCUT2D eigenvalue weighted by molar-refractivity contribution is 5.93. The van der Waals surface area contributed by atoms with E-state index in [4.69, 9.17) is 0 Å². The second-order valence-corrected chi connectivity index (χ2v) is 6.14. The summed E-state index contributed by atoms with van der Waals surface area (Å²) in [6.07, 6.45) is 5.35. The van der Waals surface area contributed by atoms with Gasteiger partial charge in [-0.2, -0.15) is 0 Å². The molecule has 1 aromatic heterocycles. The fourth-order valence-corrected chi connectivity index (χ4v) is 3.02. The average Bonchev–Trinajstić information content (AvgIpc) is 2.58. The molecule has 23 heavy (non-hydrogen) atoms. The number of benzene rings is 1. The summed E-state index contributed by atoms with van der Waals surface area (Å²) in [5, 5.41) is 3.07. The van der Waals surface area contributed by atoms with Crippen molar-refractivity contribution in [3.05, 3.63) is 47.8 Å². The first-order chi connectivity index (χ1) is 11.1. The third-order valence-electron chi connectivity index (χ3n) is 4.27. The topological polar surface area (TPSA) is 58.1 Å². The Morgan fingerprint density at radius 3 is 2.78 bits per heavy atom. The maximum Gasteiger partial charge on any atom is 0.229 e. The minimum absolute atomic E-state index is 0.0340. The summed E-state index contributed by atoms with van der Waals surface area (Å²) in [5.74, 6) is 0.752. The van der Waals surface area contributed by atoms with E-state index in [0.717, 1.165) is 30.6 Å². The van der Waals surface area contributed by atoms with Crippen LogP contribution in [0.25, 0.3) is 0 Å². The van der Waals surface area contributed by atoms with E-state index in [2.05, 4.69) is 33.2 Å². The molecule has 0 aliphatic carbocycles. The van der Waals surface area contributed by atoms with Crippen LogP contribution in [0, 0.1) is 19.8 Å². The smallest absolute Gasteiger partial charge is 0.229 e.